The summed E-state index contributed by atoms with van der Waals surface area (Å²) in [7, 11) is 0. The second-order valence-electron chi connectivity index (χ2n) is 10.2. The molecule has 9 nitrogen and oxygen atoms in total. The van der Waals surface area contributed by atoms with Crippen molar-refractivity contribution in [3.8, 4) is 6.07 Å². The van der Waals surface area contributed by atoms with Gasteiger partial charge in [-0.25, -0.2) is 14.0 Å². The second-order valence-corrected chi connectivity index (χ2v) is 10.2. The van der Waals surface area contributed by atoms with Crippen molar-refractivity contribution in [2.45, 2.75) is 71.1 Å². The normalized spacial score (nSPS) is 19.2. The number of ether oxygens (including phenoxy) is 1. The molecule has 10 heteroatoms. The van der Waals surface area contributed by atoms with Gasteiger partial charge < -0.3 is 15.0 Å². The van der Waals surface area contributed by atoms with Crippen molar-refractivity contribution >= 4 is 22.7 Å². The van der Waals surface area contributed by atoms with Crippen LogP contribution < -0.4 is 21.5 Å². The minimum Gasteiger partial charge on any atom is -0.444 e. The molecule has 2 N–H and O–H groups in total. The zero-order valence-electron chi connectivity index (χ0n) is 19.9. The van der Waals surface area contributed by atoms with Crippen molar-refractivity contribution in [3.05, 3.63) is 38.3 Å². The van der Waals surface area contributed by atoms with Gasteiger partial charge in [-0.2, -0.15) is 5.26 Å². The number of amides is 1. The molecular weight excluding hydrogens is 441 g/mol. The van der Waals surface area contributed by atoms with Gasteiger partial charge in [0, 0.05) is 30.7 Å². The zero-order chi connectivity index (χ0) is 24.8. The monoisotopic (exact) mass is 471 g/mol. The molecule has 34 heavy (non-hydrogen) atoms. The number of nitriles is 1. The molecule has 1 saturated carbocycles. The van der Waals surface area contributed by atoms with E-state index in [9.17, 15) is 19.6 Å². The number of carbonyl (C=O) groups excluding carboxylic acids is 1. The Hall–Kier alpha value is -3.35. The Morgan fingerprint density at radius 3 is 2.68 bits per heavy atom. The summed E-state index contributed by atoms with van der Waals surface area (Å²) in [5, 5.41) is 12.3. The fourth-order valence-electron chi connectivity index (χ4n) is 4.85. The average Bonchev–Trinajstić information content (AvgIpc) is 3.44. The topological polar surface area (TPSA) is 120 Å². The maximum absolute atomic E-state index is 15.3. The fraction of sp³-hybridized carbons (Fsp3) is 0.583. The molecule has 2 atom stereocenters. The summed E-state index contributed by atoms with van der Waals surface area (Å²) in [4.78, 5) is 41.4. The van der Waals surface area contributed by atoms with E-state index in [0.29, 0.717) is 36.3 Å². The van der Waals surface area contributed by atoms with E-state index in [1.165, 1.54) is 6.07 Å². The third kappa shape index (κ3) is 4.65. The molecule has 4 rings (SSSR count). The first-order valence-corrected chi connectivity index (χ1v) is 11.6. The third-order valence-electron chi connectivity index (χ3n) is 6.42. The van der Waals surface area contributed by atoms with E-state index in [1.54, 1.807) is 32.3 Å². The van der Waals surface area contributed by atoms with Gasteiger partial charge in [-0.1, -0.05) is 0 Å². The summed E-state index contributed by atoms with van der Waals surface area (Å²) in [6.07, 6.45) is 1.83. The van der Waals surface area contributed by atoms with Crippen LogP contribution >= 0.6 is 0 Å². The number of aromatic nitrogens is 2. The van der Waals surface area contributed by atoms with Gasteiger partial charge in [-0.15, -0.1) is 0 Å². The summed E-state index contributed by atoms with van der Waals surface area (Å²) >= 11 is 0. The van der Waals surface area contributed by atoms with Crippen LogP contribution in [0, 0.1) is 30.0 Å². The van der Waals surface area contributed by atoms with Gasteiger partial charge in [0.15, 0.2) is 0 Å². The lowest BCUT2D eigenvalue weighted by Crippen LogP contribution is -2.43. The predicted molar refractivity (Wildman–Crippen MR) is 126 cm³/mol. The molecule has 2 aliphatic rings. The van der Waals surface area contributed by atoms with Gasteiger partial charge in [0.25, 0.3) is 5.56 Å². The Labute approximate surface area is 196 Å². The molecule has 1 aromatic carbocycles. The van der Waals surface area contributed by atoms with Crippen LogP contribution in [0.3, 0.4) is 0 Å². The lowest BCUT2D eigenvalue weighted by molar-refractivity contribution is 0.0490. The Bertz CT molecular complexity index is 1280. The fourth-order valence-corrected chi connectivity index (χ4v) is 4.85. The molecule has 2 aromatic rings. The number of nitrogens with zero attached hydrogens (tertiary/aromatic N) is 3. The van der Waals surface area contributed by atoms with Gasteiger partial charge in [-0.3, -0.25) is 14.3 Å². The van der Waals surface area contributed by atoms with E-state index in [0.717, 1.165) is 12.8 Å². The van der Waals surface area contributed by atoms with Gasteiger partial charge in [-0.05, 0) is 58.9 Å². The first-order chi connectivity index (χ1) is 16.0. The zero-order valence-corrected chi connectivity index (χ0v) is 19.9. The molecule has 1 saturated heterocycles. The van der Waals surface area contributed by atoms with Crippen molar-refractivity contribution in [2.24, 2.45) is 5.92 Å². The van der Waals surface area contributed by atoms with Crippen molar-refractivity contribution in [1.29, 1.82) is 5.26 Å². The number of anilines is 1. The maximum Gasteiger partial charge on any atom is 0.407 e. The first-order valence-electron chi connectivity index (χ1n) is 11.6. The van der Waals surface area contributed by atoms with E-state index in [2.05, 4.69) is 16.4 Å². The molecule has 0 bridgehead atoms. The summed E-state index contributed by atoms with van der Waals surface area (Å²) < 4.78 is 22.2. The Kier molecular flexibility index (Phi) is 6.14. The van der Waals surface area contributed by atoms with Gasteiger partial charge >= 0.3 is 11.8 Å². The Morgan fingerprint density at radius 1 is 1.35 bits per heavy atom. The van der Waals surface area contributed by atoms with E-state index in [-0.39, 0.29) is 23.8 Å². The smallest absolute Gasteiger partial charge is 0.407 e. The number of aromatic amines is 1. The van der Waals surface area contributed by atoms with Crippen molar-refractivity contribution in [3.63, 3.8) is 0 Å². The van der Waals surface area contributed by atoms with Crippen molar-refractivity contribution < 1.29 is 13.9 Å². The van der Waals surface area contributed by atoms with E-state index in [4.69, 9.17) is 4.74 Å². The number of hydrogen-bond donors (Lipinski definition) is 2. The van der Waals surface area contributed by atoms with Crippen LogP contribution in [0.5, 0.6) is 0 Å². The van der Waals surface area contributed by atoms with E-state index in [1.807, 2.05) is 4.90 Å². The number of H-pyrrole nitrogens is 1. The SMILES string of the molecule is Cc1c(N2CC[C@@H](C(CC#N)NC(=O)OC(C)(C)C)C2)c(F)cc2c(=O)[nH]c(=O)n(C3CC3)c12. The van der Waals surface area contributed by atoms with Crippen LogP contribution in [0.1, 0.15) is 58.1 Å². The standard InChI is InChI=1S/C24H30FN5O4/c1-13-19-16(21(31)28-22(32)30(19)15-5-6-15)11-17(25)20(13)29-10-8-14(12-29)18(7-9-26)27-23(33)34-24(2,3)4/h11,14-15,18H,5-8,10,12H2,1-4H3,(H,27,33)(H,28,31,32)/t14-,18?/m1/s1. The number of hydrogen-bond acceptors (Lipinski definition) is 6. The highest BCUT2D eigenvalue weighted by molar-refractivity contribution is 5.87. The molecule has 2 heterocycles. The minimum absolute atomic E-state index is 0.00762. The summed E-state index contributed by atoms with van der Waals surface area (Å²) in [6.45, 7) is 7.96. The molecule has 0 spiro atoms. The van der Waals surface area contributed by atoms with Gasteiger partial charge in [0.05, 0.1) is 29.1 Å². The highest BCUT2D eigenvalue weighted by atomic mass is 19.1. The van der Waals surface area contributed by atoms with Crippen molar-refractivity contribution in [2.75, 3.05) is 18.0 Å². The highest BCUT2D eigenvalue weighted by Gasteiger charge is 2.35. The van der Waals surface area contributed by atoms with Gasteiger partial charge in [0.2, 0.25) is 0 Å². The van der Waals surface area contributed by atoms with Gasteiger partial charge in [0.1, 0.15) is 11.4 Å². The van der Waals surface area contributed by atoms with E-state index >= 15 is 4.39 Å². The second kappa shape index (κ2) is 8.78. The number of nitrogens with one attached hydrogen (secondary N) is 2. The highest BCUT2D eigenvalue weighted by Crippen LogP contribution is 2.39. The van der Waals surface area contributed by atoms with Crippen molar-refractivity contribution in [1.82, 2.24) is 14.9 Å². The van der Waals surface area contributed by atoms with Crippen LogP contribution in [0.15, 0.2) is 15.7 Å². The molecule has 2 fully saturated rings. The molecule has 1 aliphatic heterocycles. The number of fused-ring (bicyclic) bond motifs is 1. The quantitative estimate of drug-likeness (QED) is 0.691. The Balaban J connectivity index is 1.65. The lowest BCUT2D eigenvalue weighted by atomic mass is 9.96. The number of benzene rings is 1. The Morgan fingerprint density at radius 2 is 2.06 bits per heavy atom. The third-order valence-corrected chi connectivity index (χ3v) is 6.42. The summed E-state index contributed by atoms with van der Waals surface area (Å²) in [6, 6.07) is 2.88. The number of alkyl carbamates (subject to hydrolysis) is 1. The number of carbonyl (C=O) groups is 1. The van der Waals surface area contributed by atoms with Crippen LogP contribution in [0.25, 0.3) is 10.9 Å². The molecular formula is C24H30FN5O4. The summed E-state index contributed by atoms with van der Waals surface area (Å²) in [5.41, 5.74) is -0.374. The number of halogens is 1. The minimum atomic E-state index is -0.663. The van der Waals surface area contributed by atoms with Crippen LogP contribution in [-0.2, 0) is 4.74 Å². The molecule has 1 aliphatic carbocycles. The molecule has 1 unspecified atom stereocenters. The average molecular weight is 472 g/mol. The van der Waals surface area contributed by atoms with Crippen LogP contribution in [0.4, 0.5) is 14.9 Å². The largest absolute Gasteiger partial charge is 0.444 e. The van der Waals surface area contributed by atoms with Crippen LogP contribution in [-0.4, -0.2) is 40.4 Å². The summed E-state index contributed by atoms with van der Waals surface area (Å²) in [5.74, 6) is -0.624. The molecule has 1 aromatic heterocycles. The molecule has 1 amide bonds. The molecule has 182 valence electrons. The first kappa shape index (κ1) is 23.8. The van der Waals surface area contributed by atoms with E-state index < -0.39 is 34.8 Å². The van der Waals surface area contributed by atoms with Crippen LogP contribution in [0.2, 0.25) is 0 Å². The number of rotatable bonds is 5. The predicted octanol–water partition coefficient (Wildman–Crippen LogP) is 3.11. The lowest BCUT2D eigenvalue weighted by Gasteiger charge is -2.27. The molecule has 0 radical (unpaired) electrons. The number of aryl methyl sites for hydroxylation is 1. The maximum atomic E-state index is 15.3.